The number of benzene rings is 2. The van der Waals surface area contributed by atoms with Crippen LogP contribution in [0.4, 0.5) is 0 Å². The van der Waals surface area contributed by atoms with Gasteiger partial charge in [-0.1, -0.05) is 29.8 Å². The van der Waals surface area contributed by atoms with Gasteiger partial charge in [-0.15, -0.1) is 0 Å². The Hall–Kier alpha value is -1.78. The second-order valence-corrected chi connectivity index (χ2v) is 4.48. The van der Waals surface area contributed by atoms with E-state index in [0.29, 0.717) is 5.56 Å². The van der Waals surface area contributed by atoms with E-state index in [4.69, 9.17) is 16.9 Å². The second-order valence-electron chi connectivity index (χ2n) is 4.07. The standard InChI is InChI=1S/C15H12ClN/c1-10-6-7-12(9-17)8-13(10)15-11(2)4-3-5-14(15)16/h3-8H,1-2H3. The van der Waals surface area contributed by atoms with Gasteiger partial charge in [0, 0.05) is 10.6 Å². The van der Waals surface area contributed by atoms with E-state index in [1.54, 1.807) is 0 Å². The first-order valence-corrected chi connectivity index (χ1v) is 5.77. The zero-order chi connectivity index (χ0) is 12.4. The lowest BCUT2D eigenvalue weighted by molar-refractivity contribution is 1.39. The summed E-state index contributed by atoms with van der Waals surface area (Å²) in [6.45, 7) is 4.05. The van der Waals surface area contributed by atoms with E-state index in [9.17, 15) is 0 Å². The van der Waals surface area contributed by atoms with Crippen molar-refractivity contribution in [2.24, 2.45) is 0 Å². The topological polar surface area (TPSA) is 23.8 Å². The van der Waals surface area contributed by atoms with E-state index in [1.165, 1.54) is 0 Å². The van der Waals surface area contributed by atoms with Crippen molar-refractivity contribution in [1.29, 1.82) is 5.26 Å². The summed E-state index contributed by atoms with van der Waals surface area (Å²) in [7, 11) is 0. The number of halogens is 1. The van der Waals surface area contributed by atoms with E-state index in [0.717, 1.165) is 27.3 Å². The van der Waals surface area contributed by atoms with Crippen LogP contribution < -0.4 is 0 Å². The van der Waals surface area contributed by atoms with E-state index >= 15 is 0 Å². The fourth-order valence-corrected chi connectivity index (χ4v) is 2.26. The lowest BCUT2D eigenvalue weighted by atomic mass is 9.95. The van der Waals surface area contributed by atoms with Gasteiger partial charge in [-0.3, -0.25) is 0 Å². The molecule has 0 heterocycles. The summed E-state index contributed by atoms with van der Waals surface area (Å²) in [6.07, 6.45) is 0. The number of nitrogens with zero attached hydrogens (tertiary/aromatic N) is 1. The molecule has 0 unspecified atom stereocenters. The minimum atomic E-state index is 0.657. The summed E-state index contributed by atoms with van der Waals surface area (Å²) in [6, 6.07) is 13.7. The van der Waals surface area contributed by atoms with Crippen molar-refractivity contribution in [3.63, 3.8) is 0 Å². The number of aryl methyl sites for hydroxylation is 2. The van der Waals surface area contributed by atoms with Gasteiger partial charge in [-0.05, 0) is 48.7 Å². The lowest BCUT2D eigenvalue weighted by Gasteiger charge is -2.11. The molecule has 2 rings (SSSR count). The highest BCUT2D eigenvalue weighted by Crippen LogP contribution is 2.33. The summed E-state index contributed by atoms with van der Waals surface area (Å²) < 4.78 is 0. The minimum absolute atomic E-state index is 0.657. The Morgan fingerprint density at radius 3 is 2.47 bits per heavy atom. The molecule has 0 spiro atoms. The van der Waals surface area contributed by atoms with Crippen LogP contribution in [0.25, 0.3) is 11.1 Å². The molecule has 0 N–H and O–H groups in total. The molecule has 0 aliphatic heterocycles. The average molecular weight is 242 g/mol. The Balaban J connectivity index is 2.73. The molecule has 0 fully saturated rings. The molecule has 0 bridgehead atoms. The van der Waals surface area contributed by atoms with Gasteiger partial charge in [0.1, 0.15) is 0 Å². The maximum absolute atomic E-state index is 8.96. The van der Waals surface area contributed by atoms with Gasteiger partial charge in [-0.25, -0.2) is 0 Å². The van der Waals surface area contributed by atoms with Gasteiger partial charge in [0.25, 0.3) is 0 Å². The fraction of sp³-hybridized carbons (Fsp3) is 0.133. The molecule has 17 heavy (non-hydrogen) atoms. The van der Waals surface area contributed by atoms with Crippen LogP contribution in [0.5, 0.6) is 0 Å². The Bertz CT molecular complexity index is 589. The van der Waals surface area contributed by atoms with Crippen molar-refractivity contribution in [2.45, 2.75) is 13.8 Å². The van der Waals surface area contributed by atoms with E-state index in [-0.39, 0.29) is 0 Å². The van der Waals surface area contributed by atoms with Crippen molar-refractivity contribution in [1.82, 2.24) is 0 Å². The van der Waals surface area contributed by atoms with Crippen molar-refractivity contribution in [2.75, 3.05) is 0 Å². The Morgan fingerprint density at radius 1 is 1.06 bits per heavy atom. The van der Waals surface area contributed by atoms with Crippen LogP contribution in [-0.4, -0.2) is 0 Å². The van der Waals surface area contributed by atoms with Crippen LogP contribution >= 0.6 is 11.6 Å². The maximum Gasteiger partial charge on any atom is 0.0991 e. The third-order valence-corrected chi connectivity index (χ3v) is 3.17. The molecule has 0 aromatic heterocycles. The van der Waals surface area contributed by atoms with Gasteiger partial charge >= 0.3 is 0 Å². The second kappa shape index (κ2) is 4.61. The molecule has 2 aromatic rings. The monoisotopic (exact) mass is 241 g/mol. The Morgan fingerprint density at radius 2 is 1.82 bits per heavy atom. The fourth-order valence-electron chi connectivity index (χ4n) is 1.93. The van der Waals surface area contributed by atoms with E-state index < -0.39 is 0 Å². The lowest BCUT2D eigenvalue weighted by Crippen LogP contribution is -1.89. The average Bonchev–Trinajstić information content (AvgIpc) is 2.31. The van der Waals surface area contributed by atoms with Gasteiger partial charge in [0.15, 0.2) is 0 Å². The van der Waals surface area contributed by atoms with Crippen LogP contribution in [0.1, 0.15) is 16.7 Å². The molecule has 2 heteroatoms. The zero-order valence-electron chi connectivity index (χ0n) is 9.79. The van der Waals surface area contributed by atoms with Crippen molar-refractivity contribution >= 4 is 11.6 Å². The molecule has 2 aromatic carbocycles. The molecule has 0 atom stereocenters. The molecule has 0 amide bonds. The van der Waals surface area contributed by atoms with Gasteiger partial charge in [0.2, 0.25) is 0 Å². The predicted octanol–water partition coefficient (Wildman–Crippen LogP) is 4.50. The first-order valence-electron chi connectivity index (χ1n) is 5.39. The molecule has 0 radical (unpaired) electrons. The quantitative estimate of drug-likeness (QED) is 0.721. The number of hydrogen-bond acceptors (Lipinski definition) is 1. The summed E-state index contributed by atoms with van der Waals surface area (Å²) in [5.74, 6) is 0. The highest BCUT2D eigenvalue weighted by molar-refractivity contribution is 6.33. The Kier molecular flexibility index (Phi) is 3.17. The van der Waals surface area contributed by atoms with Crippen molar-refractivity contribution in [3.8, 4) is 17.2 Å². The van der Waals surface area contributed by atoms with E-state index in [1.807, 2.05) is 50.2 Å². The summed E-state index contributed by atoms with van der Waals surface area (Å²) >= 11 is 6.25. The zero-order valence-corrected chi connectivity index (χ0v) is 10.5. The van der Waals surface area contributed by atoms with Gasteiger partial charge < -0.3 is 0 Å². The summed E-state index contributed by atoms with van der Waals surface area (Å²) in [4.78, 5) is 0. The first kappa shape index (κ1) is 11.7. The van der Waals surface area contributed by atoms with Crippen LogP contribution in [0.3, 0.4) is 0 Å². The third kappa shape index (κ3) is 2.18. The number of nitriles is 1. The van der Waals surface area contributed by atoms with Crippen LogP contribution in [0, 0.1) is 25.2 Å². The largest absolute Gasteiger partial charge is 0.192 e. The minimum Gasteiger partial charge on any atom is -0.192 e. The van der Waals surface area contributed by atoms with Gasteiger partial charge in [-0.2, -0.15) is 5.26 Å². The molecule has 0 aliphatic carbocycles. The van der Waals surface area contributed by atoms with Crippen LogP contribution in [-0.2, 0) is 0 Å². The highest BCUT2D eigenvalue weighted by Gasteiger charge is 2.09. The van der Waals surface area contributed by atoms with Crippen LogP contribution in [0.2, 0.25) is 5.02 Å². The number of hydrogen-bond donors (Lipinski definition) is 0. The van der Waals surface area contributed by atoms with Crippen molar-refractivity contribution in [3.05, 3.63) is 58.1 Å². The summed E-state index contributed by atoms with van der Waals surface area (Å²) in [5, 5.41) is 9.68. The first-order chi connectivity index (χ1) is 8.13. The highest BCUT2D eigenvalue weighted by atomic mass is 35.5. The number of rotatable bonds is 1. The predicted molar refractivity (Wildman–Crippen MR) is 71.1 cm³/mol. The molecule has 1 nitrogen and oxygen atoms in total. The molecule has 0 saturated carbocycles. The van der Waals surface area contributed by atoms with Crippen molar-refractivity contribution < 1.29 is 0 Å². The molecular formula is C15H12ClN. The molecule has 0 saturated heterocycles. The third-order valence-electron chi connectivity index (χ3n) is 2.86. The molecule has 84 valence electrons. The van der Waals surface area contributed by atoms with Crippen LogP contribution in [0.15, 0.2) is 36.4 Å². The Labute approximate surface area is 106 Å². The molecule has 0 aliphatic rings. The maximum atomic E-state index is 8.96. The SMILES string of the molecule is Cc1ccc(C#N)cc1-c1c(C)cccc1Cl. The summed E-state index contributed by atoms with van der Waals surface area (Å²) in [5.41, 5.74) is 4.96. The molecular weight excluding hydrogens is 230 g/mol. The normalized spacial score (nSPS) is 10.0. The van der Waals surface area contributed by atoms with E-state index in [2.05, 4.69) is 6.07 Å². The van der Waals surface area contributed by atoms with Gasteiger partial charge in [0.05, 0.1) is 11.6 Å². The smallest absolute Gasteiger partial charge is 0.0991 e.